The van der Waals surface area contributed by atoms with Crippen molar-refractivity contribution in [2.24, 2.45) is 0 Å². The molecule has 1 saturated heterocycles. The fourth-order valence-corrected chi connectivity index (χ4v) is 7.04. The molecule has 0 bridgehead atoms. The molecular formula is C29H21Cl2N3O6S2. The molecule has 3 aromatic carbocycles. The van der Waals surface area contributed by atoms with Crippen molar-refractivity contribution in [2.45, 2.75) is 16.1 Å². The van der Waals surface area contributed by atoms with Crippen LogP contribution in [0.2, 0.25) is 10.0 Å². The number of carbonyl (C=O) groups is 2. The number of methoxy groups -OCH3 is 1. The number of thioether (sulfide) groups is 1. The number of benzene rings is 3. The van der Waals surface area contributed by atoms with E-state index in [0.29, 0.717) is 61.7 Å². The number of halogens is 2. The monoisotopic (exact) mass is 641 g/mol. The molecule has 0 unspecified atom stereocenters. The predicted octanol–water partition coefficient (Wildman–Crippen LogP) is 6.54. The topological polar surface area (TPSA) is 111 Å². The highest BCUT2D eigenvalue weighted by molar-refractivity contribution is 8.00. The second-order valence-corrected chi connectivity index (χ2v) is 12.2. The van der Waals surface area contributed by atoms with Crippen LogP contribution in [-0.2, 0) is 15.3 Å². The van der Waals surface area contributed by atoms with Crippen LogP contribution in [0.5, 0.6) is 17.2 Å². The van der Waals surface area contributed by atoms with E-state index in [-0.39, 0.29) is 16.5 Å². The lowest BCUT2D eigenvalue weighted by atomic mass is 9.95. The fourth-order valence-electron chi connectivity index (χ4n) is 4.61. The van der Waals surface area contributed by atoms with Crippen molar-refractivity contribution < 1.29 is 28.9 Å². The van der Waals surface area contributed by atoms with Gasteiger partial charge in [0.2, 0.25) is 5.13 Å². The lowest BCUT2D eigenvalue weighted by Gasteiger charge is -2.23. The molecule has 0 aliphatic carbocycles. The Hall–Kier alpha value is -3.77. The van der Waals surface area contributed by atoms with E-state index in [0.717, 1.165) is 16.9 Å². The Balaban J connectivity index is 1.38. The van der Waals surface area contributed by atoms with Crippen LogP contribution in [0.15, 0.2) is 70.6 Å². The van der Waals surface area contributed by atoms with E-state index in [1.807, 2.05) is 6.07 Å². The van der Waals surface area contributed by atoms with E-state index < -0.39 is 17.7 Å². The molecule has 13 heteroatoms. The number of amides is 1. The molecule has 2 aliphatic rings. The van der Waals surface area contributed by atoms with Crippen LogP contribution < -0.4 is 19.1 Å². The zero-order valence-electron chi connectivity index (χ0n) is 21.9. The highest BCUT2D eigenvalue weighted by Crippen LogP contribution is 2.45. The van der Waals surface area contributed by atoms with E-state index in [1.54, 1.807) is 61.7 Å². The molecule has 0 spiro atoms. The van der Waals surface area contributed by atoms with Gasteiger partial charge in [0.05, 0.1) is 18.7 Å². The van der Waals surface area contributed by atoms with Crippen LogP contribution in [-0.4, -0.2) is 47.3 Å². The predicted molar refractivity (Wildman–Crippen MR) is 161 cm³/mol. The van der Waals surface area contributed by atoms with Gasteiger partial charge in [-0.1, -0.05) is 64.5 Å². The molecule has 1 N–H and O–H groups in total. The average Bonchev–Trinajstić information content (AvgIpc) is 3.57. The number of rotatable bonds is 7. The van der Waals surface area contributed by atoms with E-state index in [4.69, 9.17) is 37.4 Å². The molecule has 9 nitrogen and oxygen atoms in total. The van der Waals surface area contributed by atoms with Crippen LogP contribution in [0.1, 0.15) is 22.7 Å². The summed E-state index contributed by atoms with van der Waals surface area (Å²) in [6, 6.07) is 16.0. The summed E-state index contributed by atoms with van der Waals surface area (Å²) in [6.07, 6.45) is 0. The summed E-state index contributed by atoms with van der Waals surface area (Å²) in [5, 5.41) is 21.2. The Bertz CT molecular complexity index is 1730. The van der Waals surface area contributed by atoms with Gasteiger partial charge in [0.15, 0.2) is 15.8 Å². The van der Waals surface area contributed by atoms with Gasteiger partial charge in [0, 0.05) is 21.4 Å². The highest BCUT2D eigenvalue weighted by atomic mass is 35.5. The number of aliphatic hydroxyl groups excluding tert-OH is 1. The third-order valence-electron chi connectivity index (χ3n) is 6.66. The van der Waals surface area contributed by atoms with Gasteiger partial charge in [-0.25, -0.2) is 0 Å². The van der Waals surface area contributed by atoms with E-state index in [1.165, 1.54) is 16.7 Å². The van der Waals surface area contributed by atoms with E-state index in [9.17, 15) is 14.7 Å². The van der Waals surface area contributed by atoms with Crippen molar-refractivity contribution >= 4 is 68.9 Å². The molecule has 1 aromatic heterocycles. The summed E-state index contributed by atoms with van der Waals surface area (Å²) in [7, 11) is 1.54. The quantitative estimate of drug-likeness (QED) is 0.0790. The minimum atomic E-state index is -0.972. The first kappa shape index (κ1) is 28.4. The van der Waals surface area contributed by atoms with E-state index >= 15 is 0 Å². The van der Waals surface area contributed by atoms with Crippen molar-refractivity contribution in [3.8, 4) is 17.2 Å². The number of ketones is 1. The first-order chi connectivity index (χ1) is 20.3. The Morgan fingerprint density at radius 3 is 2.55 bits per heavy atom. The molecule has 1 fully saturated rings. The lowest BCUT2D eigenvalue weighted by molar-refractivity contribution is -0.132. The summed E-state index contributed by atoms with van der Waals surface area (Å²) in [6.45, 7) is 0.769. The van der Waals surface area contributed by atoms with Crippen LogP contribution in [0, 0.1) is 0 Å². The zero-order valence-corrected chi connectivity index (χ0v) is 25.0. The van der Waals surface area contributed by atoms with Crippen LogP contribution in [0.3, 0.4) is 0 Å². The van der Waals surface area contributed by atoms with Gasteiger partial charge in [0.1, 0.15) is 24.7 Å². The Kier molecular flexibility index (Phi) is 8.00. The van der Waals surface area contributed by atoms with Gasteiger partial charge in [0.25, 0.3) is 5.78 Å². The van der Waals surface area contributed by atoms with Gasteiger partial charge >= 0.3 is 5.91 Å². The summed E-state index contributed by atoms with van der Waals surface area (Å²) < 4.78 is 17.1. The van der Waals surface area contributed by atoms with Crippen LogP contribution >= 0.6 is 46.3 Å². The van der Waals surface area contributed by atoms with Crippen molar-refractivity contribution in [3.63, 3.8) is 0 Å². The second kappa shape index (κ2) is 11.8. The van der Waals surface area contributed by atoms with Gasteiger partial charge in [-0.3, -0.25) is 14.5 Å². The molecule has 6 rings (SSSR count). The lowest BCUT2D eigenvalue weighted by Crippen LogP contribution is -2.29. The molecule has 42 heavy (non-hydrogen) atoms. The number of aromatic nitrogens is 2. The number of hydrogen-bond donors (Lipinski definition) is 1. The Labute approximate surface area is 258 Å². The number of aliphatic hydroxyl groups is 1. The van der Waals surface area contributed by atoms with Crippen LogP contribution in [0.4, 0.5) is 5.13 Å². The molecule has 3 heterocycles. The summed E-state index contributed by atoms with van der Waals surface area (Å²) in [5.74, 6) is 0.0399. The average molecular weight is 643 g/mol. The minimum absolute atomic E-state index is 0.0841. The smallest absolute Gasteiger partial charge is 0.301 e. The Morgan fingerprint density at radius 1 is 1.05 bits per heavy atom. The molecule has 4 aromatic rings. The van der Waals surface area contributed by atoms with Gasteiger partial charge < -0.3 is 19.3 Å². The minimum Gasteiger partial charge on any atom is -0.507 e. The van der Waals surface area contributed by atoms with Gasteiger partial charge in [-0.2, -0.15) is 0 Å². The molecule has 1 atom stereocenters. The molecule has 2 aliphatic heterocycles. The first-order valence-corrected chi connectivity index (χ1v) is 15.1. The number of nitrogens with zero attached hydrogens (tertiary/aromatic N) is 3. The van der Waals surface area contributed by atoms with Gasteiger partial charge in [-0.15, -0.1) is 10.2 Å². The number of hydrogen-bond acceptors (Lipinski definition) is 10. The molecule has 0 radical (unpaired) electrons. The number of carbonyl (C=O) groups excluding carboxylic acids is 2. The third kappa shape index (κ3) is 5.40. The number of Topliss-reactive ketones (excluding diaryl/α,β-unsaturated/α-hetero) is 1. The standard InChI is InChI=1S/C29H21Cl2N3O6S2/c1-38-19-7-3-15(4-8-19)24-23(25(35)16-5-9-21-22(12-16)40-11-10-39-21)26(36)27(37)34(24)28-32-33-29(42-28)41-14-17-2-6-18(30)13-20(17)31/h2-9,12-13,24,35H,10-11,14H2,1H3/t24-/m0/s1. The summed E-state index contributed by atoms with van der Waals surface area (Å²) in [5.41, 5.74) is 1.66. The largest absolute Gasteiger partial charge is 0.507 e. The van der Waals surface area contributed by atoms with Crippen LogP contribution in [0.25, 0.3) is 5.76 Å². The molecule has 0 saturated carbocycles. The highest BCUT2D eigenvalue weighted by Gasteiger charge is 2.48. The van der Waals surface area contributed by atoms with E-state index in [2.05, 4.69) is 10.2 Å². The molecular weight excluding hydrogens is 621 g/mol. The second-order valence-electron chi connectivity index (χ2n) is 9.18. The number of ether oxygens (including phenoxy) is 3. The Morgan fingerprint density at radius 2 is 1.81 bits per heavy atom. The summed E-state index contributed by atoms with van der Waals surface area (Å²) in [4.78, 5) is 28.3. The third-order valence-corrected chi connectivity index (χ3v) is 9.35. The maximum absolute atomic E-state index is 13.5. The van der Waals surface area contributed by atoms with Crippen molar-refractivity contribution in [1.29, 1.82) is 0 Å². The SMILES string of the molecule is COc1ccc([C@H]2C(=C(O)c3ccc4c(c3)OCCO4)C(=O)C(=O)N2c2nnc(SCc3ccc(Cl)cc3Cl)s2)cc1. The zero-order chi connectivity index (χ0) is 29.4. The molecule has 214 valence electrons. The summed E-state index contributed by atoms with van der Waals surface area (Å²) >= 11 is 14.9. The maximum Gasteiger partial charge on any atom is 0.301 e. The first-order valence-electron chi connectivity index (χ1n) is 12.6. The van der Waals surface area contributed by atoms with Crippen molar-refractivity contribution in [2.75, 3.05) is 25.2 Å². The van der Waals surface area contributed by atoms with Gasteiger partial charge in [-0.05, 0) is 53.6 Å². The number of anilines is 1. The van der Waals surface area contributed by atoms with Crippen molar-refractivity contribution in [1.82, 2.24) is 10.2 Å². The normalized spacial score (nSPS) is 17.5. The maximum atomic E-state index is 13.5. The molecule has 1 amide bonds. The van der Waals surface area contributed by atoms with Crippen molar-refractivity contribution in [3.05, 3.63) is 93.0 Å². The number of fused-ring (bicyclic) bond motifs is 1. The fraction of sp³-hybridized carbons (Fsp3) is 0.172.